The summed E-state index contributed by atoms with van der Waals surface area (Å²) >= 11 is 0. The molecule has 0 heterocycles. The summed E-state index contributed by atoms with van der Waals surface area (Å²) in [5.74, 6) is -2.82. The Morgan fingerprint density at radius 3 is 2.48 bits per heavy atom. The van der Waals surface area contributed by atoms with Crippen molar-refractivity contribution in [1.82, 2.24) is 0 Å². The maximum Gasteiger partial charge on any atom is 0.510 e. The van der Waals surface area contributed by atoms with Crippen LogP contribution in [-0.4, -0.2) is 36.6 Å². The van der Waals surface area contributed by atoms with Gasteiger partial charge in [0.15, 0.2) is 0 Å². The zero-order chi connectivity index (χ0) is 15.7. The fraction of sp³-hybridized carbons (Fsp3) is 0.857. The summed E-state index contributed by atoms with van der Waals surface area (Å²) in [4.78, 5) is 22.9. The van der Waals surface area contributed by atoms with Crippen LogP contribution in [0.4, 0.5) is 4.79 Å². The molecule has 0 aromatic rings. The summed E-state index contributed by atoms with van der Waals surface area (Å²) in [5, 5.41) is 9.81. The highest BCUT2D eigenvalue weighted by Crippen LogP contribution is 2.26. The molecule has 1 atom stereocenters. The molecule has 0 aromatic heterocycles. The fourth-order valence-corrected chi connectivity index (χ4v) is 2.05. The van der Waals surface area contributed by atoms with E-state index in [-0.39, 0.29) is 12.5 Å². The van der Waals surface area contributed by atoms with Crippen molar-refractivity contribution in [1.29, 1.82) is 0 Å². The Kier molecular flexibility index (Phi) is 7.45. The number of ether oxygens (including phenoxy) is 4. The van der Waals surface area contributed by atoms with Crippen molar-refractivity contribution in [2.75, 3.05) is 13.4 Å². The molecule has 1 unspecified atom stereocenters. The van der Waals surface area contributed by atoms with E-state index < -0.39 is 24.9 Å². The van der Waals surface area contributed by atoms with Crippen LogP contribution >= 0.6 is 0 Å². The molecular weight excluding hydrogens is 280 g/mol. The van der Waals surface area contributed by atoms with Gasteiger partial charge in [0.25, 0.3) is 0 Å². The molecule has 7 heteroatoms. The molecule has 0 amide bonds. The van der Waals surface area contributed by atoms with Crippen molar-refractivity contribution >= 4 is 12.1 Å². The van der Waals surface area contributed by atoms with Gasteiger partial charge >= 0.3 is 18.1 Å². The van der Waals surface area contributed by atoms with Crippen molar-refractivity contribution in [2.45, 2.75) is 58.3 Å². The van der Waals surface area contributed by atoms with Gasteiger partial charge in [-0.2, -0.15) is 0 Å². The second-order valence-electron chi connectivity index (χ2n) is 5.16. The smallest absolute Gasteiger partial charge is 0.434 e. The Morgan fingerprint density at radius 1 is 1.19 bits per heavy atom. The van der Waals surface area contributed by atoms with Gasteiger partial charge in [0, 0.05) is 6.92 Å². The number of esters is 1. The lowest BCUT2D eigenvalue weighted by Crippen LogP contribution is -2.38. The van der Waals surface area contributed by atoms with E-state index in [1.54, 1.807) is 0 Å². The predicted molar refractivity (Wildman–Crippen MR) is 72.0 cm³/mol. The highest BCUT2D eigenvalue weighted by Gasteiger charge is 2.32. The number of aliphatic hydroxyl groups is 1. The third-order valence-electron chi connectivity index (χ3n) is 3.16. The molecule has 0 aromatic carbocycles. The maximum absolute atomic E-state index is 11.9. The van der Waals surface area contributed by atoms with E-state index in [4.69, 9.17) is 9.47 Å². The molecule has 122 valence electrons. The maximum atomic E-state index is 11.9. The number of carbonyl (C=O) groups is 2. The van der Waals surface area contributed by atoms with E-state index in [2.05, 4.69) is 9.47 Å². The van der Waals surface area contributed by atoms with Crippen LogP contribution in [-0.2, 0) is 23.7 Å². The van der Waals surface area contributed by atoms with Crippen LogP contribution in [0.3, 0.4) is 0 Å². The van der Waals surface area contributed by atoms with E-state index in [9.17, 15) is 14.7 Å². The fourth-order valence-electron chi connectivity index (χ4n) is 2.05. The normalized spacial score (nSPS) is 18.6. The van der Waals surface area contributed by atoms with E-state index >= 15 is 0 Å². The Morgan fingerprint density at radius 2 is 1.86 bits per heavy atom. The van der Waals surface area contributed by atoms with Gasteiger partial charge in [-0.1, -0.05) is 26.2 Å². The number of rotatable bonds is 7. The van der Waals surface area contributed by atoms with Crippen LogP contribution in [0.25, 0.3) is 0 Å². The zero-order valence-corrected chi connectivity index (χ0v) is 12.6. The lowest BCUT2D eigenvalue weighted by molar-refractivity contribution is -0.349. The molecule has 0 saturated heterocycles. The quantitative estimate of drug-likeness (QED) is 0.570. The molecule has 1 aliphatic rings. The average molecular weight is 304 g/mol. The lowest BCUT2D eigenvalue weighted by atomic mass is 9.89. The van der Waals surface area contributed by atoms with Crippen molar-refractivity contribution < 1.29 is 33.6 Å². The molecule has 1 aliphatic carbocycles. The standard InChI is InChI=1S/C14H24O7/c1-3-9-18-13(16)19-10-20-14(2,17)21-12(15)11-7-5-4-6-8-11/h11,17H,3-10H2,1-2H3. The Hall–Kier alpha value is -1.34. The molecular formula is C14H24O7. The second kappa shape index (κ2) is 8.84. The van der Waals surface area contributed by atoms with Crippen LogP contribution in [0.15, 0.2) is 0 Å². The first-order valence-electron chi connectivity index (χ1n) is 7.33. The second-order valence-corrected chi connectivity index (χ2v) is 5.16. The van der Waals surface area contributed by atoms with E-state index in [1.807, 2.05) is 6.92 Å². The minimum Gasteiger partial charge on any atom is -0.434 e. The zero-order valence-electron chi connectivity index (χ0n) is 12.6. The van der Waals surface area contributed by atoms with Crippen LogP contribution in [0.1, 0.15) is 52.4 Å². The van der Waals surface area contributed by atoms with Gasteiger partial charge in [0.1, 0.15) is 0 Å². The lowest BCUT2D eigenvalue weighted by Gasteiger charge is -2.27. The van der Waals surface area contributed by atoms with E-state index in [0.29, 0.717) is 6.42 Å². The highest BCUT2D eigenvalue weighted by molar-refractivity contribution is 5.72. The van der Waals surface area contributed by atoms with Gasteiger partial charge in [-0.3, -0.25) is 9.53 Å². The number of hydrogen-bond acceptors (Lipinski definition) is 7. The number of hydrogen-bond donors (Lipinski definition) is 1. The summed E-state index contributed by atoms with van der Waals surface area (Å²) in [5.41, 5.74) is 0. The molecule has 7 nitrogen and oxygen atoms in total. The van der Waals surface area contributed by atoms with Crippen LogP contribution in [0.2, 0.25) is 0 Å². The van der Waals surface area contributed by atoms with Gasteiger partial charge in [-0.05, 0) is 19.3 Å². The molecule has 1 saturated carbocycles. The SMILES string of the molecule is CCCOC(=O)OCOC(C)(O)OC(=O)C1CCCCC1. The molecule has 21 heavy (non-hydrogen) atoms. The van der Waals surface area contributed by atoms with Crippen molar-refractivity contribution in [2.24, 2.45) is 5.92 Å². The van der Waals surface area contributed by atoms with E-state index in [0.717, 1.165) is 32.1 Å². The van der Waals surface area contributed by atoms with Gasteiger partial charge < -0.3 is 19.3 Å². The first-order chi connectivity index (χ1) is 9.94. The van der Waals surface area contributed by atoms with E-state index in [1.165, 1.54) is 6.92 Å². The van der Waals surface area contributed by atoms with Crippen LogP contribution < -0.4 is 0 Å². The van der Waals surface area contributed by atoms with Gasteiger partial charge in [-0.15, -0.1) is 0 Å². The van der Waals surface area contributed by atoms with Gasteiger partial charge in [-0.25, -0.2) is 4.79 Å². The van der Waals surface area contributed by atoms with Crippen LogP contribution in [0, 0.1) is 5.92 Å². The molecule has 0 aliphatic heterocycles. The monoisotopic (exact) mass is 304 g/mol. The molecule has 0 radical (unpaired) electrons. The summed E-state index contributed by atoms with van der Waals surface area (Å²) in [6.07, 6.45) is 4.37. The summed E-state index contributed by atoms with van der Waals surface area (Å²) in [6.45, 7) is 2.70. The number of carbonyl (C=O) groups excluding carboxylic acids is 2. The highest BCUT2D eigenvalue weighted by atomic mass is 16.9. The van der Waals surface area contributed by atoms with Crippen LogP contribution in [0.5, 0.6) is 0 Å². The summed E-state index contributed by atoms with van der Waals surface area (Å²) < 4.78 is 19.0. The van der Waals surface area contributed by atoms with Gasteiger partial charge in [0.2, 0.25) is 6.79 Å². The Labute approximate surface area is 124 Å². The summed E-state index contributed by atoms with van der Waals surface area (Å²) in [6, 6.07) is 0. The molecule has 0 spiro atoms. The molecule has 0 bridgehead atoms. The topological polar surface area (TPSA) is 91.3 Å². The average Bonchev–Trinajstić information content (AvgIpc) is 2.45. The first-order valence-corrected chi connectivity index (χ1v) is 7.33. The molecule has 1 rings (SSSR count). The predicted octanol–water partition coefficient (Wildman–Crippen LogP) is 2.31. The Balaban J connectivity index is 2.25. The first kappa shape index (κ1) is 17.7. The third kappa shape index (κ3) is 7.29. The minimum absolute atomic E-state index is 0.204. The third-order valence-corrected chi connectivity index (χ3v) is 3.16. The summed E-state index contributed by atoms with van der Waals surface area (Å²) in [7, 11) is 0. The van der Waals surface area contributed by atoms with Crippen molar-refractivity contribution in [3.63, 3.8) is 0 Å². The molecule has 1 fully saturated rings. The molecule has 1 N–H and O–H groups in total. The largest absolute Gasteiger partial charge is 0.510 e. The van der Waals surface area contributed by atoms with Gasteiger partial charge in [0.05, 0.1) is 12.5 Å². The van der Waals surface area contributed by atoms with Crippen molar-refractivity contribution in [3.05, 3.63) is 0 Å². The van der Waals surface area contributed by atoms with Crippen molar-refractivity contribution in [3.8, 4) is 0 Å². The minimum atomic E-state index is -2.13. The Bertz CT molecular complexity index is 334.